The van der Waals surface area contributed by atoms with Gasteiger partial charge in [-0.1, -0.05) is 6.92 Å². The summed E-state index contributed by atoms with van der Waals surface area (Å²) in [6.45, 7) is 9.27. The number of amides is 2. The number of nitrogens with zero attached hydrogens (tertiary/aromatic N) is 2. The van der Waals surface area contributed by atoms with Crippen molar-refractivity contribution < 1.29 is 9.59 Å². The van der Waals surface area contributed by atoms with Gasteiger partial charge in [0.15, 0.2) is 0 Å². The Labute approximate surface area is 123 Å². The van der Waals surface area contributed by atoms with Crippen LogP contribution in [0.5, 0.6) is 0 Å². The van der Waals surface area contributed by atoms with Gasteiger partial charge in [0.1, 0.15) is 16.6 Å². The largest absolute Gasteiger partial charge is 0.340 e. The molecule has 1 N–H and O–H groups in total. The van der Waals surface area contributed by atoms with Gasteiger partial charge in [-0.05, 0) is 34.1 Å². The number of piperazine rings is 1. The first-order valence-corrected chi connectivity index (χ1v) is 7.72. The monoisotopic (exact) mass is 295 g/mol. The number of aromatic nitrogens is 1. The number of carbonyl (C=O) groups excluding carboxylic acids is 2. The molecular weight excluding hydrogens is 274 g/mol. The van der Waals surface area contributed by atoms with Crippen molar-refractivity contribution in [1.82, 2.24) is 15.2 Å². The molecule has 2 heterocycles. The highest BCUT2D eigenvalue weighted by Gasteiger charge is 2.46. The van der Waals surface area contributed by atoms with Crippen LogP contribution in [-0.4, -0.2) is 33.3 Å². The van der Waals surface area contributed by atoms with Gasteiger partial charge in [-0.3, -0.25) is 9.59 Å². The van der Waals surface area contributed by atoms with Crippen LogP contribution >= 0.6 is 11.3 Å². The summed E-state index contributed by atoms with van der Waals surface area (Å²) in [5.41, 5.74) is 0.0848. The molecule has 0 aliphatic carbocycles. The smallest absolute Gasteiger partial charge is 0.249 e. The molecule has 1 aromatic heterocycles. The summed E-state index contributed by atoms with van der Waals surface area (Å²) in [4.78, 5) is 31.0. The molecule has 6 heteroatoms. The van der Waals surface area contributed by atoms with Crippen LogP contribution in [-0.2, 0) is 9.59 Å². The minimum absolute atomic E-state index is 0.0516. The van der Waals surface area contributed by atoms with Crippen molar-refractivity contribution in [1.29, 1.82) is 0 Å². The number of thiazole rings is 1. The molecule has 0 radical (unpaired) electrons. The highest BCUT2D eigenvalue weighted by atomic mass is 32.1. The summed E-state index contributed by atoms with van der Waals surface area (Å²) in [6, 6.07) is -0.605. The fourth-order valence-corrected chi connectivity index (χ4v) is 3.40. The van der Waals surface area contributed by atoms with E-state index in [0.29, 0.717) is 6.42 Å². The van der Waals surface area contributed by atoms with Gasteiger partial charge in [0.2, 0.25) is 11.8 Å². The molecule has 0 spiro atoms. The number of hydrogen-bond donors (Lipinski definition) is 1. The number of aryl methyl sites for hydroxylation is 1. The summed E-state index contributed by atoms with van der Waals surface area (Å²) in [7, 11) is 0. The maximum atomic E-state index is 12.7. The average molecular weight is 295 g/mol. The lowest BCUT2D eigenvalue weighted by Crippen LogP contribution is -2.68. The Kier molecular flexibility index (Phi) is 3.86. The molecule has 0 aromatic carbocycles. The van der Waals surface area contributed by atoms with E-state index in [1.165, 1.54) is 11.3 Å². The summed E-state index contributed by atoms with van der Waals surface area (Å²) in [6.07, 6.45) is 0.600. The van der Waals surface area contributed by atoms with E-state index < -0.39 is 11.6 Å². The first-order chi connectivity index (χ1) is 9.27. The standard InChI is InChI=1S/C14H21N3O2S/c1-6-10-11(18)16-14(4,5)13(19)17(10)9(3)12-15-8(2)7-20-12/h7,9-10H,6H2,1-5H3,(H,16,18). The fraction of sp³-hybridized carbons (Fsp3) is 0.643. The van der Waals surface area contributed by atoms with Crippen LogP contribution < -0.4 is 5.32 Å². The van der Waals surface area contributed by atoms with E-state index in [1.807, 2.05) is 26.2 Å². The topological polar surface area (TPSA) is 62.3 Å². The molecule has 0 bridgehead atoms. The second kappa shape index (κ2) is 5.16. The van der Waals surface area contributed by atoms with Crippen molar-refractivity contribution in [2.24, 2.45) is 0 Å². The van der Waals surface area contributed by atoms with Gasteiger partial charge in [0.25, 0.3) is 0 Å². The van der Waals surface area contributed by atoms with E-state index in [2.05, 4.69) is 10.3 Å². The number of hydrogen-bond acceptors (Lipinski definition) is 4. The molecule has 2 amide bonds. The van der Waals surface area contributed by atoms with Crippen LogP contribution in [0.25, 0.3) is 0 Å². The van der Waals surface area contributed by atoms with Crippen molar-refractivity contribution in [2.75, 3.05) is 0 Å². The molecule has 2 unspecified atom stereocenters. The third kappa shape index (κ3) is 2.44. The van der Waals surface area contributed by atoms with Crippen LogP contribution in [0.3, 0.4) is 0 Å². The Bertz CT molecular complexity index is 538. The van der Waals surface area contributed by atoms with Crippen molar-refractivity contribution in [3.05, 3.63) is 16.1 Å². The van der Waals surface area contributed by atoms with Gasteiger partial charge in [0, 0.05) is 11.1 Å². The molecule has 20 heavy (non-hydrogen) atoms. The molecule has 5 nitrogen and oxygen atoms in total. The Morgan fingerprint density at radius 2 is 2.15 bits per heavy atom. The highest BCUT2D eigenvalue weighted by molar-refractivity contribution is 7.09. The van der Waals surface area contributed by atoms with E-state index >= 15 is 0 Å². The zero-order valence-corrected chi connectivity index (χ0v) is 13.4. The van der Waals surface area contributed by atoms with Crippen LogP contribution in [0.1, 0.15) is 50.9 Å². The first kappa shape index (κ1) is 15.0. The summed E-state index contributed by atoms with van der Waals surface area (Å²) < 4.78 is 0. The molecule has 0 saturated carbocycles. The summed E-state index contributed by atoms with van der Waals surface area (Å²) in [5.74, 6) is -0.137. The minimum Gasteiger partial charge on any atom is -0.340 e. The van der Waals surface area contributed by atoms with Crippen LogP contribution in [0.15, 0.2) is 5.38 Å². The lowest BCUT2D eigenvalue weighted by atomic mass is 9.94. The summed E-state index contributed by atoms with van der Waals surface area (Å²) >= 11 is 1.53. The maximum Gasteiger partial charge on any atom is 0.249 e. The Hall–Kier alpha value is -1.43. The van der Waals surface area contributed by atoms with Crippen molar-refractivity contribution in [3.63, 3.8) is 0 Å². The zero-order chi connectivity index (χ0) is 15.1. The molecule has 110 valence electrons. The molecule has 1 saturated heterocycles. The molecule has 1 fully saturated rings. The van der Waals surface area contributed by atoms with Gasteiger partial charge in [-0.15, -0.1) is 11.3 Å². The van der Waals surface area contributed by atoms with Crippen LogP contribution in [0.4, 0.5) is 0 Å². The first-order valence-electron chi connectivity index (χ1n) is 6.84. The predicted molar refractivity (Wildman–Crippen MR) is 78.4 cm³/mol. The summed E-state index contributed by atoms with van der Waals surface area (Å²) in [5, 5.41) is 5.64. The van der Waals surface area contributed by atoms with Gasteiger partial charge in [0.05, 0.1) is 6.04 Å². The molecular formula is C14H21N3O2S. The fourth-order valence-electron chi connectivity index (χ4n) is 2.55. The second-order valence-electron chi connectivity index (χ2n) is 5.75. The van der Waals surface area contributed by atoms with E-state index in [4.69, 9.17) is 0 Å². The van der Waals surface area contributed by atoms with Crippen molar-refractivity contribution >= 4 is 23.2 Å². The van der Waals surface area contributed by atoms with Gasteiger partial charge >= 0.3 is 0 Å². The quantitative estimate of drug-likeness (QED) is 0.928. The van der Waals surface area contributed by atoms with E-state index in [1.54, 1.807) is 18.7 Å². The average Bonchev–Trinajstić information content (AvgIpc) is 2.79. The molecule has 1 aliphatic rings. The number of nitrogens with one attached hydrogen (secondary N) is 1. The minimum atomic E-state index is -0.858. The highest BCUT2D eigenvalue weighted by Crippen LogP contribution is 2.31. The third-order valence-corrected chi connectivity index (χ3v) is 4.77. The normalized spacial score (nSPS) is 23.6. The molecule has 1 aliphatic heterocycles. The van der Waals surface area contributed by atoms with Crippen LogP contribution in [0.2, 0.25) is 0 Å². The molecule has 1 aromatic rings. The lowest BCUT2D eigenvalue weighted by molar-refractivity contribution is -0.156. The lowest BCUT2D eigenvalue weighted by Gasteiger charge is -2.44. The predicted octanol–water partition coefficient (Wildman–Crippen LogP) is 2.03. The second-order valence-corrected chi connectivity index (χ2v) is 6.64. The Balaban J connectivity index is 2.38. The Morgan fingerprint density at radius 3 is 2.65 bits per heavy atom. The molecule has 2 rings (SSSR count). The SMILES string of the molecule is CCC1C(=O)NC(C)(C)C(=O)N1C(C)c1nc(C)cs1. The van der Waals surface area contributed by atoms with Crippen molar-refractivity contribution in [3.8, 4) is 0 Å². The zero-order valence-electron chi connectivity index (χ0n) is 12.6. The molecule has 2 atom stereocenters. The van der Waals surface area contributed by atoms with E-state index in [9.17, 15) is 9.59 Å². The number of carbonyl (C=O) groups is 2. The maximum absolute atomic E-state index is 12.7. The van der Waals surface area contributed by atoms with E-state index in [-0.39, 0.29) is 17.9 Å². The third-order valence-electron chi connectivity index (χ3n) is 3.64. The van der Waals surface area contributed by atoms with Crippen LogP contribution in [0, 0.1) is 6.92 Å². The van der Waals surface area contributed by atoms with Gasteiger partial charge in [-0.25, -0.2) is 4.98 Å². The van der Waals surface area contributed by atoms with E-state index in [0.717, 1.165) is 10.7 Å². The Morgan fingerprint density at radius 1 is 1.50 bits per heavy atom. The van der Waals surface area contributed by atoms with Crippen molar-refractivity contribution in [2.45, 2.75) is 58.7 Å². The van der Waals surface area contributed by atoms with Gasteiger partial charge in [-0.2, -0.15) is 0 Å². The number of rotatable bonds is 3. The van der Waals surface area contributed by atoms with Gasteiger partial charge < -0.3 is 10.2 Å².